The fourth-order valence-corrected chi connectivity index (χ4v) is 2.22. The highest BCUT2D eigenvalue weighted by molar-refractivity contribution is 4.80. The van der Waals surface area contributed by atoms with Gasteiger partial charge in [-0.3, -0.25) is 0 Å². The minimum absolute atomic E-state index is 0.0420. The summed E-state index contributed by atoms with van der Waals surface area (Å²) in [6.07, 6.45) is -1.84. The fraction of sp³-hybridized carbons (Fsp3) is 1.00. The first-order valence-corrected chi connectivity index (χ1v) is 5.17. The molecular formula is C10H17F3O. The first-order valence-electron chi connectivity index (χ1n) is 5.17. The van der Waals surface area contributed by atoms with E-state index in [-0.39, 0.29) is 5.92 Å². The van der Waals surface area contributed by atoms with E-state index < -0.39 is 18.2 Å². The summed E-state index contributed by atoms with van der Waals surface area (Å²) < 4.78 is 36.6. The van der Waals surface area contributed by atoms with Crippen LogP contribution in [0, 0.1) is 11.8 Å². The summed E-state index contributed by atoms with van der Waals surface area (Å²) in [5.74, 6) is -0.615. The van der Waals surface area contributed by atoms with Crippen LogP contribution < -0.4 is 0 Å². The molecule has 1 rings (SSSR count). The van der Waals surface area contributed by atoms with Crippen LogP contribution in [0.1, 0.15) is 39.0 Å². The van der Waals surface area contributed by atoms with Gasteiger partial charge in [0.05, 0.1) is 0 Å². The molecule has 1 aliphatic carbocycles. The standard InChI is InChI=1S/C10H17F3O/c1-7(9(14)10(11,12)13)8-5-3-2-4-6-8/h7-9,14H,2-6H2,1H3. The third kappa shape index (κ3) is 2.87. The Morgan fingerprint density at radius 1 is 1.14 bits per heavy atom. The maximum Gasteiger partial charge on any atom is 0.414 e. The number of halogens is 3. The van der Waals surface area contributed by atoms with E-state index in [0.29, 0.717) is 0 Å². The second-order valence-electron chi connectivity index (χ2n) is 4.24. The number of hydrogen-bond acceptors (Lipinski definition) is 1. The Balaban J connectivity index is 2.50. The van der Waals surface area contributed by atoms with E-state index >= 15 is 0 Å². The van der Waals surface area contributed by atoms with E-state index in [1.54, 1.807) is 0 Å². The van der Waals surface area contributed by atoms with Crippen molar-refractivity contribution in [1.82, 2.24) is 0 Å². The molecule has 0 heterocycles. The van der Waals surface area contributed by atoms with Crippen molar-refractivity contribution in [3.05, 3.63) is 0 Å². The SMILES string of the molecule is CC(C1CCCCC1)C(O)C(F)(F)F. The zero-order valence-corrected chi connectivity index (χ0v) is 8.35. The predicted octanol–water partition coefficient (Wildman–Crippen LogP) is 3.13. The van der Waals surface area contributed by atoms with E-state index in [1.165, 1.54) is 6.92 Å². The first kappa shape index (κ1) is 11.8. The normalized spacial score (nSPS) is 24.6. The molecule has 0 saturated heterocycles. The van der Waals surface area contributed by atoms with E-state index in [9.17, 15) is 13.2 Å². The van der Waals surface area contributed by atoms with Gasteiger partial charge >= 0.3 is 6.18 Å². The third-order valence-electron chi connectivity index (χ3n) is 3.23. The Bertz CT molecular complexity index is 173. The summed E-state index contributed by atoms with van der Waals surface area (Å²) >= 11 is 0. The van der Waals surface area contributed by atoms with Crippen LogP contribution >= 0.6 is 0 Å². The molecule has 0 spiro atoms. The molecule has 0 radical (unpaired) electrons. The van der Waals surface area contributed by atoms with Gasteiger partial charge in [0.25, 0.3) is 0 Å². The lowest BCUT2D eigenvalue weighted by molar-refractivity contribution is -0.223. The average Bonchev–Trinajstić information content (AvgIpc) is 2.15. The second kappa shape index (κ2) is 4.51. The zero-order chi connectivity index (χ0) is 10.8. The third-order valence-corrected chi connectivity index (χ3v) is 3.23. The molecule has 0 aromatic carbocycles. The molecule has 4 heteroatoms. The molecule has 0 aliphatic heterocycles. The van der Waals surface area contributed by atoms with Gasteiger partial charge in [-0.25, -0.2) is 0 Å². The van der Waals surface area contributed by atoms with Crippen molar-refractivity contribution in [2.45, 2.75) is 51.3 Å². The lowest BCUT2D eigenvalue weighted by atomic mass is 9.78. The molecule has 0 bridgehead atoms. The maximum absolute atomic E-state index is 12.2. The quantitative estimate of drug-likeness (QED) is 0.742. The Kier molecular flexibility index (Phi) is 3.81. The number of hydrogen-bond donors (Lipinski definition) is 1. The van der Waals surface area contributed by atoms with Crippen molar-refractivity contribution in [3.63, 3.8) is 0 Å². The highest BCUT2D eigenvalue weighted by atomic mass is 19.4. The number of aliphatic hydroxyl groups excluding tert-OH is 1. The predicted molar refractivity (Wildman–Crippen MR) is 47.8 cm³/mol. The van der Waals surface area contributed by atoms with Crippen molar-refractivity contribution in [1.29, 1.82) is 0 Å². The monoisotopic (exact) mass is 210 g/mol. The number of rotatable bonds is 2. The van der Waals surface area contributed by atoms with Gasteiger partial charge in [0.1, 0.15) is 0 Å². The van der Waals surface area contributed by atoms with Crippen LogP contribution in [0.3, 0.4) is 0 Å². The summed E-state index contributed by atoms with van der Waals surface area (Å²) in [6.45, 7) is 1.51. The van der Waals surface area contributed by atoms with Crippen LogP contribution in [-0.4, -0.2) is 17.4 Å². The van der Waals surface area contributed by atoms with Crippen molar-refractivity contribution in [3.8, 4) is 0 Å². The van der Waals surface area contributed by atoms with Gasteiger partial charge < -0.3 is 5.11 Å². The molecule has 1 saturated carbocycles. The number of alkyl halides is 3. The largest absolute Gasteiger partial charge is 0.414 e. The Morgan fingerprint density at radius 2 is 1.64 bits per heavy atom. The molecule has 14 heavy (non-hydrogen) atoms. The van der Waals surface area contributed by atoms with Gasteiger partial charge in [-0.05, 0) is 11.8 Å². The van der Waals surface area contributed by atoms with Crippen LogP contribution in [-0.2, 0) is 0 Å². The highest BCUT2D eigenvalue weighted by Gasteiger charge is 2.44. The Morgan fingerprint density at radius 3 is 2.07 bits per heavy atom. The lowest BCUT2D eigenvalue weighted by Crippen LogP contribution is -2.38. The Labute approximate surface area is 82.3 Å². The summed E-state index contributed by atoms with van der Waals surface area (Å²) in [6, 6.07) is 0. The first-order chi connectivity index (χ1) is 6.43. The molecule has 2 atom stereocenters. The van der Waals surface area contributed by atoms with Gasteiger partial charge in [-0.2, -0.15) is 13.2 Å². The van der Waals surface area contributed by atoms with Gasteiger partial charge in [0, 0.05) is 0 Å². The molecule has 1 nitrogen and oxygen atoms in total. The summed E-state index contributed by atoms with van der Waals surface area (Å²) in [7, 11) is 0. The second-order valence-corrected chi connectivity index (χ2v) is 4.24. The van der Waals surface area contributed by atoms with Gasteiger partial charge in [0.2, 0.25) is 0 Å². The minimum atomic E-state index is -4.46. The molecule has 1 fully saturated rings. The van der Waals surface area contributed by atoms with E-state index in [1.807, 2.05) is 0 Å². The zero-order valence-electron chi connectivity index (χ0n) is 8.35. The average molecular weight is 210 g/mol. The highest BCUT2D eigenvalue weighted by Crippen LogP contribution is 2.36. The molecule has 2 unspecified atom stereocenters. The fourth-order valence-electron chi connectivity index (χ4n) is 2.22. The van der Waals surface area contributed by atoms with E-state index in [2.05, 4.69) is 0 Å². The summed E-state index contributed by atoms with van der Waals surface area (Å²) in [5.41, 5.74) is 0. The number of aliphatic hydroxyl groups is 1. The van der Waals surface area contributed by atoms with E-state index in [4.69, 9.17) is 5.11 Å². The van der Waals surface area contributed by atoms with Crippen LogP contribution in [0.25, 0.3) is 0 Å². The summed E-state index contributed by atoms with van der Waals surface area (Å²) in [5, 5.41) is 9.08. The molecule has 0 amide bonds. The molecular weight excluding hydrogens is 193 g/mol. The van der Waals surface area contributed by atoms with Crippen LogP contribution in [0.4, 0.5) is 13.2 Å². The maximum atomic E-state index is 12.2. The van der Waals surface area contributed by atoms with Gasteiger partial charge in [0.15, 0.2) is 6.10 Å². The van der Waals surface area contributed by atoms with E-state index in [0.717, 1.165) is 32.1 Å². The summed E-state index contributed by atoms with van der Waals surface area (Å²) in [4.78, 5) is 0. The minimum Gasteiger partial charge on any atom is -0.383 e. The molecule has 1 aliphatic rings. The molecule has 1 N–H and O–H groups in total. The van der Waals surface area contributed by atoms with Crippen molar-refractivity contribution >= 4 is 0 Å². The van der Waals surface area contributed by atoms with Crippen LogP contribution in [0.15, 0.2) is 0 Å². The van der Waals surface area contributed by atoms with Gasteiger partial charge in [-0.1, -0.05) is 39.0 Å². The lowest BCUT2D eigenvalue weighted by Gasteiger charge is -2.31. The Hall–Kier alpha value is -0.250. The van der Waals surface area contributed by atoms with Crippen molar-refractivity contribution < 1.29 is 18.3 Å². The molecule has 84 valence electrons. The molecule has 0 aromatic heterocycles. The van der Waals surface area contributed by atoms with Crippen molar-refractivity contribution in [2.75, 3.05) is 0 Å². The van der Waals surface area contributed by atoms with Crippen LogP contribution in [0.2, 0.25) is 0 Å². The smallest absolute Gasteiger partial charge is 0.383 e. The van der Waals surface area contributed by atoms with Crippen LogP contribution in [0.5, 0.6) is 0 Å². The van der Waals surface area contributed by atoms with Gasteiger partial charge in [-0.15, -0.1) is 0 Å². The van der Waals surface area contributed by atoms with Crippen molar-refractivity contribution in [2.24, 2.45) is 11.8 Å². The topological polar surface area (TPSA) is 20.2 Å². The molecule has 0 aromatic rings.